The van der Waals surface area contributed by atoms with Crippen LogP contribution in [0.15, 0.2) is 6.07 Å². The maximum absolute atomic E-state index is 11.2. The van der Waals surface area contributed by atoms with Crippen LogP contribution in [0.2, 0.25) is 10.2 Å². The molecule has 1 aromatic rings. The molecular weight excluding hydrogens is 315 g/mol. The van der Waals surface area contributed by atoms with Gasteiger partial charge in [-0.2, -0.15) is 0 Å². The second-order valence-corrected chi connectivity index (χ2v) is 5.49. The van der Waals surface area contributed by atoms with E-state index in [1.165, 1.54) is 6.07 Å². The molecule has 8 heteroatoms. The van der Waals surface area contributed by atoms with Crippen molar-refractivity contribution in [3.8, 4) is 0 Å². The highest BCUT2D eigenvalue weighted by atomic mass is 35.5. The molecule has 2 heterocycles. The number of rotatable bonds is 3. The minimum absolute atomic E-state index is 0.0897. The van der Waals surface area contributed by atoms with Gasteiger partial charge in [-0.25, -0.2) is 4.79 Å². The predicted octanol–water partition coefficient (Wildman–Crippen LogP) is 2.62. The van der Waals surface area contributed by atoms with E-state index in [1.807, 2.05) is 11.8 Å². The summed E-state index contributed by atoms with van der Waals surface area (Å²) in [6.45, 7) is 7.00. The Kier molecular flexibility index (Phi) is 6.36. The average molecular weight is 335 g/mol. The molecular formula is C13H20Cl2N4O2. The number of nitrogens with two attached hydrogens (primary N) is 1. The summed E-state index contributed by atoms with van der Waals surface area (Å²) in [7, 11) is 0. The monoisotopic (exact) mass is 334 g/mol. The number of nitrogens with one attached hydrogen (secondary N) is 2. The van der Waals surface area contributed by atoms with Gasteiger partial charge in [-0.05, 0) is 26.3 Å². The van der Waals surface area contributed by atoms with Crippen LogP contribution in [0, 0.1) is 0 Å². The highest BCUT2D eigenvalue weighted by Gasteiger charge is 2.33. The first-order valence-electron chi connectivity index (χ1n) is 6.72. The quantitative estimate of drug-likeness (QED) is 0.792. The molecule has 6 nitrogen and oxygen atoms in total. The van der Waals surface area contributed by atoms with E-state index in [2.05, 4.69) is 24.1 Å². The molecule has 1 saturated heterocycles. The molecule has 118 valence electrons. The number of primary amides is 1. The molecule has 4 N–H and O–H groups in total. The number of nitrogens with zero attached hydrogens (tertiary/aromatic N) is 1. The van der Waals surface area contributed by atoms with Gasteiger partial charge in [0.15, 0.2) is 0 Å². The molecule has 0 radical (unpaired) electrons. The van der Waals surface area contributed by atoms with Crippen molar-refractivity contribution >= 4 is 35.1 Å². The number of urea groups is 1. The van der Waals surface area contributed by atoms with E-state index in [4.69, 9.17) is 28.9 Å². The molecule has 0 aliphatic carbocycles. The zero-order valence-electron chi connectivity index (χ0n) is 12.2. The van der Waals surface area contributed by atoms with Crippen LogP contribution in [0.3, 0.4) is 0 Å². The van der Waals surface area contributed by atoms with Crippen molar-refractivity contribution < 1.29 is 9.59 Å². The van der Waals surface area contributed by atoms with Crippen molar-refractivity contribution in [1.29, 1.82) is 0 Å². The molecule has 1 aliphatic rings. The van der Waals surface area contributed by atoms with Crippen molar-refractivity contribution in [3.05, 3.63) is 21.9 Å². The van der Waals surface area contributed by atoms with Crippen molar-refractivity contribution in [3.63, 3.8) is 0 Å². The SMILES string of the molecule is CC[C@@H]1[C@H](C)NC(=O)N1CC.NC(=O)c1cc(Cl)c(Cl)[nH]1. The summed E-state index contributed by atoms with van der Waals surface area (Å²) in [5.74, 6) is -0.575. The molecule has 0 aromatic carbocycles. The van der Waals surface area contributed by atoms with Gasteiger partial charge in [-0.15, -0.1) is 0 Å². The highest BCUT2D eigenvalue weighted by molar-refractivity contribution is 6.41. The Morgan fingerprint density at radius 3 is 2.33 bits per heavy atom. The van der Waals surface area contributed by atoms with Crippen LogP contribution < -0.4 is 11.1 Å². The predicted molar refractivity (Wildman–Crippen MR) is 83.8 cm³/mol. The Bertz CT molecular complexity index is 499. The van der Waals surface area contributed by atoms with E-state index < -0.39 is 5.91 Å². The normalized spacial score (nSPS) is 20.8. The van der Waals surface area contributed by atoms with Crippen LogP contribution in [-0.2, 0) is 0 Å². The summed E-state index contributed by atoms with van der Waals surface area (Å²) < 4.78 is 0. The Labute approximate surface area is 134 Å². The zero-order chi connectivity index (χ0) is 16.2. The fourth-order valence-electron chi connectivity index (χ4n) is 2.28. The molecule has 2 rings (SSSR count). The number of H-pyrrole nitrogens is 1. The van der Waals surface area contributed by atoms with Crippen molar-refractivity contribution in [1.82, 2.24) is 15.2 Å². The molecule has 3 amide bonds. The van der Waals surface area contributed by atoms with Crippen LogP contribution in [0.1, 0.15) is 37.7 Å². The van der Waals surface area contributed by atoms with Crippen LogP contribution in [0.25, 0.3) is 0 Å². The standard InChI is InChI=1S/C8H16N2O.C5H4Cl2N2O/c1-4-7-6(3)9-8(11)10(7)5-2;6-2-1-3(5(8)10)9-4(2)7/h6-7H,4-5H2,1-3H3,(H,9,11);1,9H,(H2,8,10)/t6-,7+;/m0./s1. The molecule has 1 aliphatic heterocycles. The number of carbonyl (C=O) groups excluding carboxylic acids is 2. The second kappa shape index (κ2) is 7.56. The fourth-order valence-corrected chi connectivity index (χ4v) is 2.60. The summed E-state index contributed by atoms with van der Waals surface area (Å²) in [4.78, 5) is 26.0. The van der Waals surface area contributed by atoms with Gasteiger partial charge in [0, 0.05) is 12.6 Å². The number of aromatic nitrogens is 1. The third-order valence-corrected chi connectivity index (χ3v) is 4.03. The van der Waals surface area contributed by atoms with E-state index in [0.29, 0.717) is 17.1 Å². The lowest BCUT2D eigenvalue weighted by Gasteiger charge is -2.21. The Balaban J connectivity index is 0.000000211. The highest BCUT2D eigenvalue weighted by Crippen LogP contribution is 2.21. The zero-order valence-corrected chi connectivity index (χ0v) is 13.8. The van der Waals surface area contributed by atoms with Crippen LogP contribution in [0.4, 0.5) is 4.79 Å². The van der Waals surface area contributed by atoms with E-state index in [0.717, 1.165) is 13.0 Å². The topological polar surface area (TPSA) is 91.2 Å². The Hall–Kier alpha value is -1.40. The van der Waals surface area contributed by atoms with Crippen LogP contribution >= 0.6 is 23.2 Å². The third kappa shape index (κ3) is 4.28. The van der Waals surface area contributed by atoms with Gasteiger partial charge >= 0.3 is 6.03 Å². The lowest BCUT2D eigenvalue weighted by molar-refractivity contribution is 0.0996. The number of hydrogen-bond donors (Lipinski definition) is 3. The fraction of sp³-hybridized carbons (Fsp3) is 0.538. The third-order valence-electron chi connectivity index (χ3n) is 3.34. The van der Waals surface area contributed by atoms with Gasteiger partial charge in [-0.1, -0.05) is 30.1 Å². The molecule has 0 saturated carbocycles. The van der Waals surface area contributed by atoms with E-state index >= 15 is 0 Å². The van der Waals surface area contributed by atoms with Crippen LogP contribution in [-0.4, -0.2) is 40.5 Å². The van der Waals surface area contributed by atoms with Crippen molar-refractivity contribution in [2.75, 3.05) is 6.54 Å². The Morgan fingerprint density at radius 1 is 1.43 bits per heavy atom. The number of aromatic amines is 1. The molecule has 1 aromatic heterocycles. The molecule has 2 atom stereocenters. The van der Waals surface area contributed by atoms with Gasteiger partial charge in [0.1, 0.15) is 10.8 Å². The molecule has 0 unspecified atom stereocenters. The van der Waals surface area contributed by atoms with E-state index in [1.54, 1.807) is 0 Å². The van der Waals surface area contributed by atoms with Gasteiger partial charge in [0.2, 0.25) is 0 Å². The van der Waals surface area contributed by atoms with Gasteiger partial charge in [0.05, 0.1) is 11.1 Å². The van der Waals surface area contributed by atoms with E-state index in [-0.39, 0.29) is 16.9 Å². The molecule has 21 heavy (non-hydrogen) atoms. The van der Waals surface area contributed by atoms with Gasteiger partial charge in [-0.3, -0.25) is 4.79 Å². The smallest absolute Gasteiger partial charge is 0.317 e. The summed E-state index contributed by atoms with van der Waals surface area (Å²) in [5, 5.41) is 3.44. The number of likely N-dealkylation sites (N-methyl/N-ethyl adjacent to an activating group) is 1. The molecule has 0 bridgehead atoms. The average Bonchev–Trinajstić information content (AvgIpc) is 2.89. The molecule has 1 fully saturated rings. The van der Waals surface area contributed by atoms with Crippen molar-refractivity contribution in [2.45, 2.75) is 39.3 Å². The number of carbonyl (C=O) groups is 2. The maximum Gasteiger partial charge on any atom is 0.317 e. The molecule has 0 spiro atoms. The number of halogens is 2. The summed E-state index contributed by atoms with van der Waals surface area (Å²) in [6, 6.07) is 2.18. The van der Waals surface area contributed by atoms with Gasteiger partial charge < -0.3 is 20.9 Å². The lowest BCUT2D eigenvalue weighted by atomic mass is 10.1. The van der Waals surface area contributed by atoms with Crippen molar-refractivity contribution in [2.24, 2.45) is 5.73 Å². The first-order chi connectivity index (χ1) is 9.81. The first kappa shape index (κ1) is 17.7. The first-order valence-corrected chi connectivity index (χ1v) is 7.48. The second-order valence-electron chi connectivity index (χ2n) is 4.71. The summed E-state index contributed by atoms with van der Waals surface area (Å²) in [6.07, 6.45) is 1.04. The lowest BCUT2D eigenvalue weighted by Crippen LogP contribution is -2.34. The van der Waals surface area contributed by atoms with Gasteiger partial charge in [0.25, 0.3) is 5.91 Å². The minimum Gasteiger partial charge on any atom is -0.364 e. The minimum atomic E-state index is -0.575. The largest absolute Gasteiger partial charge is 0.364 e. The number of hydrogen-bond acceptors (Lipinski definition) is 2. The summed E-state index contributed by atoms with van der Waals surface area (Å²) >= 11 is 11.0. The van der Waals surface area contributed by atoms with Crippen LogP contribution in [0.5, 0.6) is 0 Å². The Morgan fingerprint density at radius 2 is 2.05 bits per heavy atom. The number of amides is 3. The van der Waals surface area contributed by atoms with E-state index in [9.17, 15) is 9.59 Å². The maximum atomic E-state index is 11.2. The summed E-state index contributed by atoms with van der Waals surface area (Å²) in [5.41, 5.74) is 5.13.